The third kappa shape index (κ3) is 4.72. The van der Waals surface area contributed by atoms with Gasteiger partial charge in [0.05, 0.1) is 11.3 Å². The number of nitrogens with zero attached hydrogens (tertiary/aromatic N) is 4. The first-order valence-corrected chi connectivity index (χ1v) is 9.37. The molecule has 0 aliphatic rings. The van der Waals surface area contributed by atoms with Crippen molar-refractivity contribution in [2.75, 3.05) is 11.9 Å². The third-order valence-electron chi connectivity index (χ3n) is 4.37. The summed E-state index contributed by atoms with van der Waals surface area (Å²) in [6.07, 6.45) is 3.49. The van der Waals surface area contributed by atoms with E-state index in [0.29, 0.717) is 19.5 Å². The zero-order chi connectivity index (χ0) is 21.7. The molecule has 0 aliphatic carbocycles. The summed E-state index contributed by atoms with van der Waals surface area (Å²) >= 11 is 0. The molecule has 2 aromatic heterocycles. The van der Waals surface area contributed by atoms with Crippen LogP contribution in [0.3, 0.4) is 0 Å². The second-order valence-corrected chi connectivity index (χ2v) is 6.56. The van der Waals surface area contributed by atoms with Gasteiger partial charge in [0.2, 0.25) is 0 Å². The maximum atomic E-state index is 12.6. The number of aromatic carboxylic acids is 1. The highest BCUT2D eigenvalue weighted by atomic mass is 16.4. The molecule has 3 N–H and O–H groups in total. The molecular weight excluding hydrogens is 388 g/mol. The summed E-state index contributed by atoms with van der Waals surface area (Å²) in [4.78, 5) is 36.6. The zero-order valence-corrected chi connectivity index (χ0v) is 16.6. The molecule has 0 radical (unpaired) electrons. The van der Waals surface area contributed by atoms with Crippen molar-refractivity contribution in [1.29, 1.82) is 0 Å². The number of nitrogens with one attached hydrogen (secondary N) is 2. The van der Waals surface area contributed by atoms with Crippen molar-refractivity contribution < 1.29 is 19.5 Å². The van der Waals surface area contributed by atoms with Gasteiger partial charge in [0.25, 0.3) is 11.8 Å². The van der Waals surface area contributed by atoms with Crippen LogP contribution in [-0.2, 0) is 20.0 Å². The molecule has 0 fully saturated rings. The van der Waals surface area contributed by atoms with E-state index in [1.54, 1.807) is 0 Å². The SMILES string of the molecule is CCn1cc(NC(=O)c2cn(C)nc2C(=O)O)c(C(=O)NCCc2ccccc2)n1. The second kappa shape index (κ2) is 9.03. The topological polar surface area (TPSA) is 131 Å². The van der Waals surface area contributed by atoms with Crippen LogP contribution >= 0.6 is 0 Å². The van der Waals surface area contributed by atoms with E-state index < -0.39 is 17.8 Å². The maximum Gasteiger partial charge on any atom is 0.357 e. The molecule has 10 heteroatoms. The second-order valence-electron chi connectivity index (χ2n) is 6.56. The zero-order valence-electron chi connectivity index (χ0n) is 16.6. The number of hydrogen-bond acceptors (Lipinski definition) is 5. The first kappa shape index (κ1) is 20.8. The molecule has 0 saturated carbocycles. The Labute approximate surface area is 172 Å². The Kier molecular flexibility index (Phi) is 6.26. The van der Waals surface area contributed by atoms with E-state index in [1.165, 1.54) is 28.8 Å². The molecule has 0 unspecified atom stereocenters. The van der Waals surface area contributed by atoms with Gasteiger partial charge in [0, 0.05) is 32.5 Å². The van der Waals surface area contributed by atoms with Crippen LogP contribution in [0.2, 0.25) is 0 Å². The highest BCUT2D eigenvalue weighted by molar-refractivity contribution is 6.12. The number of carbonyl (C=O) groups is 3. The van der Waals surface area contributed by atoms with Gasteiger partial charge in [-0.3, -0.25) is 19.0 Å². The quantitative estimate of drug-likeness (QED) is 0.516. The Bertz CT molecular complexity index is 1070. The molecule has 1 aromatic carbocycles. The highest BCUT2D eigenvalue weighted by Crippen LogP contribution is 2.17. The molecule has 0 bridgehead atoms. The summed E-state index contributed by atoms with van der Waals surface area (Å²) < 4.78 is 2.76. The molecule has 156 valence electrons. The summed E-state index contributed by atoms with van der Waals surface area (Å²) in [5.41, 5.74) is 0.859. The van der Waals surface area contributed by atoms with E-state index in [0.717, 1.165) is 5.56 Å². The monoisotopic (exact) mass is 410 g/mol. The van der Waals surface area contributed by atoms with Crippen molar-refractivity contribution in [2.24, 2.45) is 7.05 Å². The fraction of sp³-hybridized carbons (Fsp3) is 0.250. The van der Waals surface area contributed by atoms with Crippen LogP contribution in [-0.4, -0.2) is 49.0 Å². The lowest BCUT2D eigenvalue weighted by molar-refractivity contribution is 0.0685. The molecule has 0 atom stereocenters. The Balaban J connectivity index is 1.74. The fourth-order valence-electron chi connectivity index (χ4n) is 2.89. The van der Waals surface area contributed by atoms with Gasteiger partial charge in [-0.05, 0) is 18.9 Å². The van der Waals surface area contributed by atoms with Crippen LogP contribution in [0.15, 0.2) is 42.7 Å². The van der Waals surface area contributed by atoms with Gasteiger partial charge in [0.1, 0.15) is 0 Å². The third-order valence-corrected chi connectivity index (χ3v) is 4.37. The van der Waals surface area contributed by atoms with Gasteiger partial charge in [-0.25, -0.2) is 4.79 Å². The lowest BCUT2D eigenvalue weighted by atomic mass is 10.1. The fourth-order valence-corrected chi connectivity index (χ4v) is 2.89. The van der Waals surface area contributed by atoms with Gasteiger partial charge in [-0.1, -0.05) is 30.3 Å². The largest absolute Gasteiger partial charge is 0.476 e. The molecule has 0 saturated heterocycles. The van der Waals surface area contributed by atoms with Crippen molar-refractivity contribution >= 4 is 23.5 Å². The van der Waals surface area contributed by atoms with Crippen molar-refractivity contribution in [3.63, 3.8) is 0 Å². The minimum atomic E-state index is -1.32. The van der Waals surface area contributed by atoms with Gasteiger partial charge >= 0.3 is 5.97 Å². The Hall–Kier alpha value is -3.95. The van der Waals surface area contributed by atoms with Gasteiger partial charge in [-0.15, -0.1) is 0 Å². The molecule has 3 rings (SSSR count). The number of carboxylic acid groups (broad SMARTS) is 1. The van der Waals surface area contributed by atoms with Crippen LogP contribution in [0.1, 0.15) is 43.8 Å². The number of anilines is 1. The summed E-state index contributed by atoms with van der Waals surface area (Å²) in [7, 11) is 1.52. The van der Waals surface area contributed by atoms with E-state index in [-0.39, 0.29) is 22.6 Å². The van der Waals surface area contributed by atoms with Gasteiger partial charge in [0.15, 0.2) is 11.4 Å². The molecule has 30 heavy (non-hydrogen) atoms. The predicted molar refractivity (Wildman–Crippen MR) is 109 cm³/mol. The van der Waals surface area contributed by atoms with Crippen molar-refractivity contribution in [2.45, 2.75) is 19.9 Å². The lowest BCUT2D eigenvalue weighted by Crippen LogP contribution is -2.27. The summed E-state index contributed by atoms with van der Waals surface area (Å²) in [5.74, 6) is -2.43. The van der Waals surface area contributed by atoms with Crippen LogP contribution in [0, 0.1) is 0 Å². The van der Waals surface area contributed by atoms with Crippen molar-refractivity contribution in [3.05, 3.63) is 65.2 Å². The van der Waals surface area contributed by atoms with Gasteiger partial charge < -0.3 is 15.7 Å². The minimum absolute atomic E-state index is 0.0547. The number of carbonyl (C=O) groups excluding carboxylic acids is 2. The number of rotatable bonds is 8. The lowest BCUT2D eigenvalue weighted by Gasteiger charge is -2.06. The minimum Gasteiger partial charge on any atom is -0.476 e. The predicted octanol–water partition coefficient (Wildman–Crippen LogP) is 1.56. The first-order valence-electron chi connectivity index (χ1n) is 9.37. The molecule has 2 amide bonds. The standard InChI is InChI=1S/C20H22N6O4/c1-3-26-12-15(22-18(27)14-11-25(2)23-16(14)20(29)30)17(24-26)19(28)21-10-9-13-7-5-4-6-8-13/h4-8,11-12H,3,9-10H2,1-2H3,(H,21,28)(H,22,27)(H,29,30). The van der Waals surface area contributed by atoms with Crippen LogP contribution in [0.25, 0.3) is 0 Å². The molecule has 3 aromatic rings. The Morgan fingerprint density at radius 2 is 1.77 bits per heavy atom. The smallest absolute Gasteiger partial charge is 0.357 e. The molecule has 10 nitrogen and oxygen atoms in total. The number of benzene rings is 1. The summed E-state index contributed by atoms with van der Waals surface area (Å²) in [6.45, 7) is 2.74. The van der Waals surface area contributed by atoms with Crippen LogP contribution in [0.4, 0.5) is 5.69 Å². The first-order chi connectivity index (χ1) is 14.4. The average molecular weight is 410 g/mol. The molecular formula is C20H22N6O4. The Morgan fingerprint density at radius 1 is 1.03 bits per heavy atom. The molecule has 0 aliphatic heterocycles. The Morgan fingerprint density at radius 3 is 2.43 bits per heavy atom. The van der Waals surface area contributed by atoms with Crippen molar-refractivity contribution in [1.82, 2.24) is 24.9 Å². The number of aryl methyl sites for hydroxylation is 2. The number of carboxylic acids is 1. The van der Waals surface area contributed by atoms with E-state index in [9.17, 15) is 19.5 Å². The van der Waals surface area contributed by atoms with E-state index in [4.69, 9.17) is 0 Å². The van der Waals surface area contributed by atoms with Crippen LogP contribution in [0.5, 0.6) is 0 Å². The van der Waals surface area contributed by atoms with E-state index in [2.05, 4.69) is 20.8 Å². The maximum absolute atomic E-state index is 12.6. The molecule has 2 heterocycles. The van der Waals surface area contributed by atoms with E-state index in [1.807, 2.05) is 37.3 Å². The number of amides is 2. The summed E-state index contributed by atoms with van der Waals surface area (Å²) in [6, 6.07) is 9.72. The number of hydrogen-bond donors (Lipinski definition) is 3. The molecule has 0 spiro atoms. The normalized spacial score (nSPS) is 10.6. The average Bonchev–Trinajstić information content (AvgIpc) is 3.32. The van der Waals surface area contributed by atoms with Gasteiger partial charge in [-0.2, -0.15) is 10.2 Å². The van der Waals surface area contributed by atoms with Crippen LogP contribution < -0.4 is 10.6 Å². The van der Waals surface area contributed by atoms with E-state index >= 15 is 0 Å². The highest BCUT2D eigenvalue weighted by Gasteiger charge is 2.24. The summed E-state index contributed by atoms with van der Waals surface area (Å²) in [5, 5.41) is 22.6. The van der Waals surface area contributed by atoms with Crippen molar-refractivity contribution in [3.8, 4) is 0 Å². The number of aromatic nitrogens is 4.